The molecule has 1 fully saturated rings. The summed E-state index contributed by atoms with van der Waals surface area (Å²) in [6.45, 7) is 5.05. The molecule has 1 aromatic heterocycles. The van der Waals surface area contributed by atoms with Crippen molar-refractivity contribution in [2.45, 2.75) is 13.5 Å². The van der Waals surface area contributed by atoms with Crippen molar-refractivity contribution in [1.29, 1.82) is 0 Å². The highest BCUT2D eigenvalue weighted by molar-refractivity contribution is 5.94. The SMILES string of the molecule is Cc1ccccc1-c1noc(CN2CCN(C(=O)c3ccc(N(C)C)c(F)c3)CC2)n1. The van der Waals surface area contributed by atoms with Gasteiger partial charge in [0.2, 0.25) is 11.7 Å². The zero-order valence-electron chi connectivity index (χ0n) is 18.0. The fourth-order valence-corrected chi connectivity index (χ4v) is 3.74. The van der Waals surface area contributed by atoms with Crippen molar-refractivity contribution in [3.05, 3.63) is 65.3 Å². The molecule has 0 atom stereocenters. The average molecular weight is 423 g/mol. The molecule has 4 rings (SSSR count). The molecular weight excluding hydrogens is 397 g/mol. The summed E-state index contributed by atoms with van der Waals surface area (Å²) in [4.78, 5) is 22.9. The molecular formula is C23H26FN5O2. The van der Waals surface area contributed by atoms with Gasteiger partial charge in [0, 0.05) is 51.4 Å². The molecule has 1 aliphatic rings. The molecule has 2 aromatic carbocycles. The second-order valence-corrected chi connectivity index (χ2v) is 7.96. The number of hydrogen-bond acceptors (Lipinski definition) is 6. The molecule has 8 heteroatoms. The first kappa shape index (κ1) is 21.0. The zero-order chi connectivity index (χ0) is 22.0. The van der Waals surface area contributed by atoms with E-state index in [0.29, 0.717) is 55.7 Å². The third-order valence-electron chi connectivity index (χ3n) is 5.55. The van der Waals surface area contributed by atoms with Gasteiger partial charge in [-0.05, 0) is 30.7 Å². The maximum Gasteiger partial charge on any atom is 0.254 e. The fourth-order valence-electron chi connectivity index (χ4n) is 3.74. The number of hydrogen-bond donors (Lipinski definition) is 0. The van der Waals surface area contributed by atoms with Crippen LogP contribution >= 0.6 is 0 Å². The van der Waals surface area contributed by atoms with Gasteiger partial charge in [0.15, 0.2) is 0 Å². The summed E-state index contributed by atoms with van der Waals surface area (Å²) in [5.74, 6) is 0.600. The Morgan fingerprint density at radius 1 is 1.13 bits per heavy atom. The Balaban J connectivity index is 1.35. The number of anilines is 1. The molecule has 3 aromatic rings. The lowest BCUT2D eigenvalue weighted by Crippen LogP contribution is -2.48. The van der Waals surface area contributed by atoms with Crippen molar-refractivity contribution in [3.8, 4) is 11.4 Å². The van der Waals surface area contributed by atoms with Gasteiger partial charge < -0.3 is 14.3 Å². The van der Waals surface area contributed by atoms with Gasteiger partial charge in [-0.2, -0.15) is 4.98 Å². The molecule has 31 heavy (non-hydrogen) atoms. The molecule has 0 aliphatic carbocycles. The lowest BCUT2D eigenvalue weighted by Gasteiger charge is -2.34. The van der Waals surface area contributed by atoms with E-state index >= 15 is 0 Å². The van der Waals surface area contributed by atoms with E-state index in [1.807, 2.05) is 31.2 Å². The Hall–Kier alpha value is -3.26. The van der Waals surface area contributed by atoms with E-state index in [2.05, 4.69) is 15.0 Å². The molecule has 1 saturated heterocycles. The quantitative estimate of drug-likeness (QED) is 0.628. The number of piperazine rings is 1. The van der Waals surface area contributed by atoms with Crippen LogP contribution in [-0.4, -0.2) is 66.1 Å². The van der Waals surface area contributed by atoms with Crippen molar-refractivity contribution in [3.63, 3.8) is 0 Å². The minimum atomic E-state index is -0.393. The van der Waals surface area contributed by atoms with Crippen LogP contribution in [-0.2, 0) is 6.54 Å². The second kappa shape index (κ2) is 8.85. The highest BCUT2D eigenvalue weighted by Crippen LogP contribution is 2.22. The zero-order valence-corrected chi connectivity index (χ0v) is 18.0. The van der Waals surface area contributed by atoms with Crippen LogP contribution in [0.5, 0.6) is 0 Å². The summed E-state index contributed by atoms with van der Waals surface area (Å²) in [5, 5.41) is 4.11. The monoisotopic (exact) mass is 423 g/mol. The van der Waals surface area contributed by atoms with E-state index in [0.717, 1.165) is 11.1 Å². The van der Waals surface area contributed by atoms with Crippen molar-refractivity contribution in [1.82, 2.24) is 19.9 Å². The van der Waals surface area contributed by atoms with Gasteiger partial charge in [0.25, 0.3) is 5.91 Å². The number of halogens is 1. The minimum absolute atomic E-state index is 0.150. The maximum absolute atomic E-state index is 14.2. The van der Waals surface area contributed by atoms with Crippen LogP contribution in [0.4, 0.5) is 10.1 Å². The normalized spacial score (nSPS) is 14.6. The summed E-state index contributed by atoms with van der Waals surface area (Å²) < 4.78 is 19.7. The number of benzene rings is 2. The molecule has 1 aliphatic heterocycles. The van der Waals surface area contributed by atoms with E-state index in [-0.39, 0.29) is 5.91 Å². The van der Waals surface area contributed by atoms with Gasteiger partial charge in [0.05, 0.1) is 12.2 Å². The Morgan fingerprint density at radius 2 is 1.87 bits per heavy atom. The highest BCUT2D eigenvalue weighted by atomic mass is 19.1. The van der Waals surface area contributed by atoms with E-state index < -0.39 is 5.82 Å². The molecule has 0 saturated carbocycles. The second-order valence-electron chi connectivity index (χ2n) is 7.96. The predicted octanol–water partition coefficient (Wildman–Crippen LogP) is 3.21. The van der Waals surface area contributed by atoms with Gasteiger partial charge in [-0.15, -0.1) is 0 Å². The van der Waals surface area contributed by atoms with Crippen molar-refractivity contribution in [2.24, 2.45) is 0 Å². The molecule has 0 bridgehead atoms. The largest absolute Gasteiger partial charge is 0.375 e. The van der Waals surface area contributed by atoms with Crippen LogP contribution in [0.1, 0.15) is 21.8 Å². The average Bonchev–Trinajstić information content (AvgIpc) is 3.22. The Kier molecular flexibility index (Phi) is 5.99. The molecule has 7 nitrogen and oxygen atoms in total. The Bertz CT molecular complexity index is 1070. The molecule has 0 radical (unpaired) electrons. The van der Waals surface area contributed by atoms with Crippen molar-refractivity contribution >= 4 is 11.6 Å². The third-order valence-corrected chi connectivity index (χ3v) is 5.55. The number of carbonyl (C=O) groups excluding carboxylic acids is 1. The number of nitrogens with zero attached hydrogens (tertiary/aromatic N) is 5. The highest BCUT2D eigenvalue weighted by Gasteiger charge is 2.24. The van der Waals surface area contributed by atoms with E-state index in [9.17, 15) is 9.18 Å². The smallest absolute Gasteiger partial charge is 0.254 e. The minimum Gasteiger partial charge on any atom is -0.375 e. The number of aryl methyl sites for hydroxylation is 1. The number of rotatable bonds is 5. The Labute approximate surface area is 181 Å². The number of aromatic nitrogens is 2. The molecule has 0 spiro atoms. The van der Waals surface area contributed by atoms with Crippen LogP contribution < -0.4 is 4.90 Å². The molecule has 0 N–H and O–H groups in total. The third kappa shape index (κ3) is 4.59. The van der Waals surface area contributed by atoms with Gasteiger partial charge in [-0.25, -0.2) is 4.39 Å². The lowest BCUT2D eigenvalue weighted by atomic mass is 10.1. The summed E-state index contributed by atoms with van der Waals surface area (Å²) in [6.07, 6.45) is 0. The van der Waals surface area contributed by atoms with E-state index in [1.165, 1.54) is 6.07 Å². The summed E-state index contributed by atoms with van der Waals surface area (Å²) in [7, 11) is 3.54. The molecule has 2 heterocycles. The van der Waals surface area contributed by atoms with E-state index in [1.54, 1.807) is 36.0 Å². The summed E-state index contributed by atoms with van der Waals surface area (Å²) in [5.41, 5.74) is 2.89. The standard InChI is InChI=1S/C23H26FN5O2/c1-16-6-4-5-7-18(16)22-25-21(31-26-22)15-28-10-12-29(13-11-28)23(30)17-8-9-20(27(2)3)19(24)14-17/h4-9,14H,10-13,15H2,1-3H3. The maximum atomic E-state index is 14.2. The van der Waals surface area contributed by atoms with Crippen LogP contribution in [0.2, 0.25) is 0 Å². The fraction of sp³-hybridized carbons (Fsp3) is 0.348. The van der Waals surface area contributed by atoms with Gasteiger partial charge in [0.1, 0.15) is 5.82 Å². The van der Waals surface area contributed by atoms with Crippen LogP contribution in [0.25, 0.3) is 11.4 Å². The number of amides is 1. The molecule has 0 unspecified atom stereocenters. The number of carbonyl (C=O) groups is 1. The van der Waals surface area contributed by atoms with Gasteiger partial charge in [-0.1, -0.05) is 29.4 Å². The van der Waals surface area contributed by atoms with Gasteiger partial charge >= 0.3 is 0 Å². The molecule has 1 amide bonds. The van der Waals surface area contributed by atoms with Crippen molar-refractivity contribution < 1.29 is 13.7 Å². The van der Waals surface area contributed by atoms with E-state index in [4.69, 9.17) is 4.52 Å². The Morgan fingerprint density at radius 3 is 2.55 bits per heavy atom. The predicted molar refractivity (Wildman–Crippen MR) is 116 cm³/mol. The van der Waals surface area contributed by atoms with Crippen LogP contribution in [0, 0.1) is 12.7 Å². The van der Waals surface area contributed by atoms with Gasteiger partial charge in [-0.3, -0.25) is 9.69 Å². The van der Waals surface area contributed by atoms with Crippen LogP contribution in [0.3, 0.4) is 0 Å². The topological polar surface area (TPSA) is 65.7 Å². The molecule has 162 valence electrons. The first-order chi connectivity index (χ1) is 14.9. The summed E-state index contributed by atoms with van der Waals surface area (Å²) in [6, 6.07) is 12.6. The lowest BCUT2D eigenvalue weighted by molar-refractivity contribution is 0.0614. The first-order valence-corrected chi connectivity index (χ1v) is 10.3. The van der Waals surface area contributed by atoms with Crippen molar-refractivity contribution in [2.75, 3.05) is 45.2 Å². The van der Waals surface area contributed by atoms with Crippen LogP contribution in [0.15, 0.2) is 47.0 Å². The first-order valence-electron chi connectivity index (χ1n) is 10.3. The summed E-state index contributed by atoms with van der Waals surface area (Å²) >= 11 is 0.